The summed E-state index contributed by atoms with van der Waals surface area (Å²) in [6.45, 7) is 8.55. The quantitative estimate of drug-likeness (QED) is 0.468. The number of hydrogen-bond acceptors (Lipinski definition) is 9. The summed E-state index contributed by atoms with van der Waals surface area (Å²) in [5.74, 6) is -2.23. The van der Waals surface area contributed by atoms with Crippen molar-refractivity contribution in [3.05, 3.63) is 0 Å². The van der Waals surface area contributed by atoms with Crippen LogP contribution in [0.5, 0.6) is 0 Å². The van der Waals surface area contributed by atoms with Gasteiger partial charge >= 0.3 is 23.9 Å². The zero-order valence-corrected chi connectivity index (χ0v) is 16.6. The maximum atomic E-state index is 11.6. The summed E-state index contributed by atoms with van der Waals surface area (Å²) < 4.78 is 27.0. The Morgan fingerprint density at radius 3 is 1.59 bits per heavy atom. The van der Waals surface area contributed by atoms with Crippen molar-refractivity contribution in [2.45, 2.75) is 78.5 Å². The van der Waals surface area contributed by atoms with Gasteiger partial charge in [-0.3, -0.25) is 19.2 Å². The lowest BCUT2D eigenvalue weighted by Gasteiger charge is -2.45. The average molecular weight is 388 g/mol. The molecule has 1 heterocycles. The molecule has 0 radical (unpaired) electrons. The zero-order chi connectivity index (χ0) is 20.7. The lowest BCUT2D eigenvalue weighted by molar-refractivity contribution is -0.254. The molecule has 0 aliphatic carbocycles. The molecule has 5 atom stereocenters. The Labute approximate surface area is 158 Å². The molecule has 0 amide bonds. The normalized spacial score (nSPS) is 27.6. The first kappa shape index (κ1) is 22.9. The molecule has 0 aromatic rings. The van der Waals surface area contributed by atoms with Gasteiger partial charge in [-0.15, -0.1) is 0 Å². The fourth-order valence-corrected chi connectivity index (χ4v) is 2.97. The summed E-state index contributed by atoms with van der Waals surface area (Å²) in [5, 5.41) is 0. The number of carbonyl (C=O) groups excluding carboxylic acids is 4. The third-order valence-electron chi connectivity index (χ3n) is 3.79. The second kappa shape index (κ2) is 10.2. The maximum absolute atomic E-state index is 11.6. The van der Waals surface area contributed by atoms with E-state index in [2.05, 4.69) is 0 Å². The van der Waals surface area contributed by atoms with Crippen LogP contribution in [-0.4, -0.2) is 61.0 Å². The minimum absolute atomic E-state index is 0.172. The largest absolute Gasteiger partial charge is 0.463 e. The Bertz CT molecular complexity index is 557. The molecular weight excluding hydrogens is 360 g/mol. The molecule has 9 heteroatoms. The summed E-state index contributed by atoms with van der Waals surface area (Å²) in [6, 6.07) is 0. The van der Waals surface area contributed by atoms with Gasteiger partial charge in [0.25, 0.3) is 0 Å². The van der Waals surface area contributed by atoms with E-state index in [1.165, 1.54) is 27.7 Å². The van der Waals surface area contributed by atoms with Crippen LogP contribution in [-0.2, 0) is 42.9 Å². The van der Waals surface area contributed by atoms with Crippen LogP contribution in [0.1, 0.15) is 48.0 Å². The van der Waals surface area contributed by atoms with E-state index in [4.69, 9.17) is 23.7 Å². The Morgan fingerprint density at radius 1 is 0.741 bits per heavy atom. The molecular formula is C18H28O9. The molecule has 1 aliphatic rings. The van der Waals surface area contributed by atoms with Gasteiger partial charge < -0.3 is 23.7 Å². The van der Waals surface area contributed by atoms with Crippen molar-refractivity contribution >= 4 is 23.9 Å². The number of ether oxygens (including phenoxy) is 5. The highest BCUT2D eigenvalue weighted by atomic mass is 16.7. The number of esters is 4. The van der Waals surface area contributed by atoms with Crippen molar-refractivity contribution in [3.63, 3.8) is 0 Å². The number of rotatable bonds is 7. The summed E-state index contributed by atoms with van der Waals surface area (Å²) >= 11 is 0. The van der Waals surface area contributed by atoms with E-state index in [0.29, 0.717) is 6.42 Å². The molecule has 27 heavy (non-hydrogen) atoms. The van der Waals surface area contributed by atoms with Gasteiger partial charge in [0.1, 0.15) is 12.7 Å². The van der Waals surface area contributed by atoms with E-state index in [1.54, 1.807) is 0 Å². The molecule has 1 rings (SSSR count). The third-order valence-corrected chi connectivity index (χ3v) is 3.79. The van der Waals surface area contributed by atoms with Gasteiger partial charge in [0.05, 0.1) is 6.10 Å². The van der Waals surface area contributed by atoms with Crippen LogP contribution in [0, 0.1) is 5.92 Å². The lowest BCUT2D eigenvalue weighted by Crippen LogP contribution is -2.62. The molecule has 9 nitrogen and oxygen atoms in total. The van der Waals surface area contributed by atoms with Crippen LogP contribution in [0.25, 0.3) is 0 Å². The summed E-state index contributed by atoms with van der Waals surface area (Å²) in [4.78, 5) is 46.0. The van der Waals surface area contributed by atoms with Gasteiger partial charge in [0.2, 0.25) is 0 Å². The minimum Gasteiger partial charge on any atom is -0.463 e. The zero-order valence-electron chi connectivity index (χ0n) is 16.6. The molecule has 154 valence electrons. The molecule has 1 aliphatic heterocycles. The van der Waals surface area contributed by atoms with E-state index >= 15 is 0 Å². The van der Waals surface area contributed by atoms with Crippen LogP contribution in [0.4, 0.5) is 0 Å². The van der Waals surface area contributed by atoms with Gasteiger partial charge in [0.15, 0.2) is 18.3 Å². The van der Waals surface area contributed by atoms with Crippen LogP contribution in [0.15, 0.2) is 0 Å². The van der Waals surface area contributed by atoms with Gasteiger partial charge in [0, 0.05) is 27.7 Å². The summed E-state index contributed by atoms with van der Waals surface area (Å²) in [7, 11) is 0. The molecule has 0 bridgehead atoms. The predicted molar refractivity (Wildman–Crippen MR) is 91.4 cm³/mol. The summed E-state index contributed by atoms with van der Waals surface area (Å²) in [5.41, 5.74) is 0. The highest BCUT2D eigenvalue weighted by Crippen LogP contribution is 2.32. The lowest BCUT2D eigenvalue weighted by atomic mass is 9.90. The van der Waals surface area contributed by atoms with Crippen molar-refractivity contribution < 1.29 is 42.9 Å². The number of carbonyl (C=O) groups is 4. The Balaban J connectivity index is 3.27. The fourth-order valence-electron chi connectivity index (χ4n) is 2.97. The molecule has 0 aromatic heterocycles. The summed E-state index contributed by atoms with van der Waals surface area (Å²) in [6.07, 6.45) is -4.18. The first-order chi connectivity index (χ1) is 12.5. The Morgan fingerprint density at radius 2 is 1.19 bits per heavy atom. The molecule has 1 fully saturated rings. The van der Waals surface area contributed by atoms with Crippen LogP contribution >= 0.6 is 0 Å². The van der Waals surface area contributed by atoms with E-state index in [9.17, 15) is 19.2 Å². The van der Waals surface area contributed by atoms with Crippen LogP contribution < -0.4 is 0 Å². The molecule has 0 N–H and O–H groups in total. The predicted octanol–water partition coefficient (Wildman–Crippen LogP) is 1.16. The van der Waals surface area contributed by atoms with Crippen molar-refractivity contribution in [3.8, 4) is 0 Å². The Hall–Kier alpha value is -2.16. The van der Waals surface area contributed by atoms with E-state index < -0.39 is 54.4 Å². The van der Waals surface area contributed by atoms with Crippen molar-refractivity contribution in [1.29, 1.82) is 0 Å². The minimum atomic E-state index is -1.10. The second-order valence-electron chi connectivity index (χ2n) is 6.87. The van der Waals surface area contributed by atoms with Gasteiger partial charge in [-0.2, -0.15) is 0 Å². The Kier molecular flexibility index (Phi) is 8.68. The third kappa shape index (κ3) is 7.54. The molecule has 0 aromatic carbocycles. The highest BCUT2D eigenvalue weighted by molar-refractivity contribution is 5.68. The van der Waals surface area contributed by atoms with Crippen molar-refractivity contribution in [1.82, 2.24) is 0 Å². The molecule has 0 saturated carbocycles. The monoisotopic (exact) mass is 388 g/mol. The second-order valence-corrected chi connectivity index (χ2v) is 6.87. The maximum Gasteiger partial charge on any atom is 0.303 e. The van der Waals surface area contributed by atoms with Crippen molar-refractivity contribution in [2.24, 2.45) is 5.92 Å². The van der Waals surface area contributed by atoms with Crippen LogP contribution in [0.3, 0.4) is 0 Å². The van der Waals surface area contributed by atoms with Crippen LogP contribution in [0.2, 0.25) is 0 Å². The average Bonchev–Trinajstić information content (AvgIpc) is 2.49. The van der Waals surface area contributed by atoms with Gasteiger partial charge in [-0.1, -0.05) is 13.8 Å². The number of hydrogen-bond donors (Lipinski definition) is 0. The smallest absolute Gasteiger partial charge is 0.303 e. The highest BCUT2D eigenvalue weighted by Gasteiger charge is 2.51. The molecule has 5 unspecified atom stereocenters. The topological polar surface area (TPSA) is 114 Å². The molecule has 0 spiro atoms. The standard InChI is InChI=1S/C18H28O9/c1-9(2)7-14-16(24-11(4)20)18(26-13(6)22)17(25-12(5)21)15(27-14)8-23-10(3)19/h9,14-18H,7-8H2,1-6H3. The first-order valence-corrected chi connectivity index (χ1v) is 8.81. The van der Waals surface area contributed by atoms with E-state index in [-0.39, 0.29) is 12.5 Å². The van der Waals surface area contributed by atoms with Gasteiger partial charge in [-0.05, 0) is 12.3 Å². The fraction of sp³-hybridized carbons (Fsp3) is 0.778. The van der Waals surface area contributed by atoms with E-state index in [0.717, 1.165) is 0 Å². The molecule has 1 saturated heterocycles. The SMILES string of the molecule is CC(=O)OCC1OC(CC(C)C)C(OC(C)=O)C(OC(C)=O)C1OC(C)=O. The van der Waals surface area contributed by atoms with Gasteiger partial charge in [-0.25, -0.2) is 0 Å². The first-order valence-electron chi connectivity index (χ1n) is 8.81. The van der Waals surface area contributed by atoms with E-state index in [1.807, 2.05) is 13.8 Å². The van der Waals surface area contributed by atoms with Crippen molar-refractivity contribution in [2.75, 3.05) is 6.61 Å².